The van der Waals surface area contributed by atoms with Crippen LogP contribution in [0.25, 0.3) is 0 Å². The van der Waals surface area contributed by atoms with Crippen molar-refractivity contribution in [1.82, 2.24) is 4.72 Å². The number of ether oxygens (including phenoxy) is 1. The van der Waals surface area contributed by atoms with E-state index >= 15 is 0 Å². The number of carbonyl (C=O) groups is 2. The molecule has 156 valence electrons. The highest BCUT2D eigenvalue weighted by Gasteiger charge is 2.22. The average molecular weight is 420 g/mol. The van der Waals surface area contributed by atoms with Gasteiger partial charge in [-0.05, 0) is 68.8 Å². The first-order valence-electron chi connectivity index (χ1n) is 9.06. The lowest BCUT2D eigenvalue weighted by atomic mass is 10.2. The van der Waals surface area contributed by atoms with Crippen molar-refractivity contribution in [3.8, 4) is 5.75 Å². The molecule has 9 heteroatoms. The number of amides is 2. The Morgan fingerprint density at radius 1 is 1.03 bits per heavy atom. The van der Waals surface area contributed by atoms with Crippen molar-refractivity contribution in [2.24, 2.45) is 0 Å². The first kappa shape index (κ1) is 22.4. The SMILES string of the molecule is CCOc1ccc(S(=O)(=O)N[C@H](C)C(=O)Nc2ccc(NC(C)=O)cc2)cc1C. The molecule has 0 bridgehead atoms. The Labute approximate surface area is 170 Å². The van der Waals surface area contributed by atoms with Crippen molar-refractivity contribution in [3.05, 3.63) is 48.0 Å². The number of anilines is 2. The maximum atomic E-state index is 12.6. The van der Waals surface area contributed by atoms with Crippen LogP contribution in [0, 0.1) is 6.92 Å². The molecule has 2 aromatic carbocycles. The Kier molecular flexibility index (Phi) is 7.35. The lowest BCUT2D eigenvalue weighted by Crippen LogP contribution is -2.41. The Morgan fingerprint density at radius 2 is 1.62 bits per heavy atom. The monoisotopic (exact) mass is 419 g/mol. The van der Waals surface area contributed by atoms with Crippen molar-refractivity contribution >= 4 is 33.2 Å². The van der Waals surface area contributed by atoms with Crippen LogP contribution in [0.2, 0.25) is 0 Å². The Hall–Kier alpha value is -2.91. The van der Waals surface area contributed by atoms with E-state index in [1.807, 2.05) is 6.92 Å². The average Bonchev–Trinajstić information content (AvgIpc) is 2.64. The van der Waals surface area contributed by atoms with Crippen LogP contribution >= 0.6 is 0 Å². The maximum Gasteiger partial charge on any atom is 0.242 e. The summed E-state index contributed by atoms with van der Waals surface area (Å²) in [6.07, 6.45) is 0. The summed E-state index contributed by atoms with van der Waals surface area (Å²) in [6, 6.07) is 10.0. The van der Waals surface area contributed by atoms with Gasteiger partial charge in [-0.2, -0.15) is 4.72 Å². The smallest absolute Gasteiger partial charge is 0.242 e. The molecule has 0 aromatic heterocycles. The molecule has 0 aliphatic carbocycles. The summed E-state index contributed by atoms with van der Waals surface area (Å²) in [5.74, 6) is -0.0993. The van der Waals surface area contributed by atoms with Crippen LogP contribution in [-0.4, -0.2) is 32.9 Å². The largest absolute Gasteiger partial charge is 0.494 e. The number of aryl methyl sites for hydroxylation is 1. The van der Waals surface area contributed by atoms with Crippen LogP contribution < -0.4 is 20.1 Å². The fraction of sp³-hybridized carbons (Fsp3) is 0.300. The highest BCUT2D eigenvalue weighted by molar-refractivity contribution is 7.89. The van der Waals surface area contributed by atoms with Gasteiger partial charge in [0, 0.05) is 18.3 Å². The van der Waals surface area contributed by atoms with E-state index < -0.39 is 22.0 Å². The first-order chi connectivity index (χ1) is 13.6. The van der Waals surface area contributed by atoms with E-state index in [1.165, 1.54) is 26.0 Å². The molecule has 1 atom stereocenters. The Bertz CT molecular complexity index is 988. The summed E-state index contributed by atoms with van der Waals surface area (Å²) in [5.41, 5.74) is 1.76. The second-order valence-corrected chi connectivity index (χ2v) is 8.17. The summed E-state index contributed by atoms with van der Waals surface area (Å²) in [5, 5.41) is 5.26. The predicted molar refractivity (Wildman–Crippen MR) is 112 cm³/mol. The minimum absolute atomic E-state index is 0.0535. The molecule has 0 fully saturated rings. The van der Waals surface area contributed by atoms with E-state index in [1.54, 1.807) is 37.3 Å². The van der Waals surface area contributed by atoms with Gasteiger partial charge in [0.1, 0.15) is 5.75 Å². The van der Waals surface area contributed by atoms with Crippen molar-refractivity contribution < 1.29 is 22.7 Å². The van der Waals surface area contributed by atoms with Gasteiger partial charge in [-0.15, -0.1) is 0 Å². The zero-order valence-corrected chi connectivity index (χ0v) is 17.6. The normalized spacial score (nSPS) is 12.1. The van der Waals surface area contributed by atoms with Gasteiger partial charge < -0.3 is 15.4 Å². The van der Waals surface area contributed by atoms with Crippen molar-refractivity contribution in [1.29, 1.82) is 0 Å². The minimum atomic E-state index is -3.89. The fourth-order valence-electron chi connectivity index (χ4n) is 2.55. The number of nitrogens with one attached hydrogen (secondary N) is 3. The molecule has 2 amide bonds. The second-order valence-electron chi connectivity index (χ2n) is 6.45. The van der Waals surface area contributed by atoms with E-state index in [4.69, 9.17) is 4.74 Å². The molecule has 0 aliphatic rings. The molecular formula is C20H25N3O5S. The van der Waals surface area contributed by atoms with Gasteiger partial charge in [-0.1, -0.05) is 0 Å². The Balaban J connectivity index is 2.04. The quantitative estimate of drug-likeness (QED) is 0.609. The lowest BCUT2D eigenvalue weighted by molar-refractivity contribution is -0.117. The standard InChI is InChI=1S/C20H25N3O5S/c1-5-28-19-11-10-18(12-13(19)2)29(26,27)23-14(3)20(25)22-17-8-6-16(7-9-17)21-15(4)24/h6-12,14,23H,5H2,1-4H3,(H,21,24)(H,22,25)/t14-/m1/s1. The minimum Gasteiger partial charge on any atom is -0.494 e. The molecule has 3 N–H and O–H groups in total. The van der Waals surface area contributed by atoms with Gasteiger partial charge in [0.15, 0.2) is 0 Å². The fourth-order valence-corrected chi connectivity index (χ4v) is 3.84. The van der Waals surface area contributed by atoms with Crippen molar-refractivity contribution in [2.75, 3.05) is 17.2 Å². The molecular weight excluding hydrogens is 394 g/mol. The Morgan fingerprint density at radius 3 is 2.14 bits per heavy atom. The van der Waals surface area contributed by atoms with Crippen LogP contribution in [-0.2, 0) is 19.6 Å². The van der Waals surface area contributed by atoms with E-state index in [0.717, 1.165) is 0 Å². The van der Waals surface area contributed by atoms with Crippen LogP contribution in [0.5, 0.6) is 5.75 Å². The number of hydrogen-bond donors (Lipinski definition) is 3. The highest BCUT2D eigenvalue weighted by Crippen LogP contribution is 2.22. The van der Waals surface area contributed by atoms with Crippen LogP contribution in [0.3, 0.4) is 0 Å². The summed E-state index contributed by atoms with van der Waals surface area (Å²) >= 11 is 0. The molecule has 0 spiro atoms. The second kappa shape index (κ2) is 9.53. The van der Waals surface area contributed by atoms with Gasteiger partial charge in [-0.3, -0.25) is 9.59 Å². The zero-order valence-electron chi connectivity index (χ0n) is 16.8. The van der Waals surface area contributed by atoms with E-state index in [0.29, 0.717) is 29.3 Å². The number of sulfonamides is 1. The summed E-state index contributed by atoms with van der Waals surface area (Å²) in [4.78, 5) is 23.5. The summed E-state index contributed by atoms with van der Waals surface area (Å²) in [7, 11) is -3.89. The van der Waals surface area contributed by atoms with Crippen molar-refractivity contribution in [3.63, 3.8) is 0 Å². The molecule has 0 heterocycles. The predicted octanol–water partition coefficient (Wildman–Crippen LogP) is 2.66. The van der Waals surface area contributed by atoms with Crippen LogP contribution in [0.15, 0.2) is 47.4 Å². The van der Waals surface area contributed by atoms with E-state index in [2.05, 4.69) is 15.4 Å². The van der Waals surface area contributed by atoms with Gasteiger partial charge >= 0.3 is 0 Å². The molecule has 8 nitrogen and oxygen atoms in total. The highest BCUT2D eigenvalue weighted by atomic mass is 32.2. The summed E-state index contributed by atoms with van der Waals surface area (Å²) < 4.78 is 33.0. The molecule has 2 aromatic rings. The summed E-state index contributed by atoms with van der Waals surface area (Å²) in [6.45, 7) is 6.94. The van der Waals surface area contributed by atoms with Crippen LogP contribution in [0.4, 0.5) is 11.4 Å². The third-order valence-corrected chi connectivity index (χ3v) is 5.49. The number of carbonyl (C=O) groups excluding carboxylic acids is 2. The molecule has 0 saturated carbocycles. The topological polar surface area (TPSA) is 114 Å². The van der Waals surface area contributed by atoms with E-state index in [9.17, 15) is 18.0 Å². The molecule has 0 unspecified atom stereocenters. The third-order valence-electron chi connectivity index (χ3n) is 3.95. The maximum absolute atomic E-state index is 12.6. The number of benzene rings is 2. The van der Waals surface area contributed by atoms with Gasteiger partial charge in [0.25, 0.3) is 0 Å². The molecule has 0 saturated heterocycles. The van der Waals surface area contributed by atoms with Crippen LogP contribution in [0.1, 0.15) is 26.3 Å². The van der Waals surface area contributed by atoms with Crippen molar-refractivity contribution in [2.45, 2.75) is 38.6 Å². The molecule has 29 heavy (non-hydrogen) atoms. The first-order valence-corrected chi connectivity index (χ1v) is 10.5. The molecule has 2 rings (SSSR count). The number of hydrogen-bond acceptors (Lipinski definition) is 5. The molecule has 0 aliphatic heterocycles. The van der Waals surface area contributed by atoms with E-state index in [-0.39, 0.29) is 10.8 Å². The van der Waals surface area contributed by atoms with Gasteiger partial charge in [0.2, 0.25) is 21.8 Å². The van der Waals surface area contributed by atoms with Gasteiger partial charge in [0.05, 0.1) is 17.5 Å². The van der Waals surface area contributed by atoms with Gasteiger partial charge in [-0.25, -0.2) is 8.42 Å². The zero-order chi connectivity index (χ0) is 21.6. The number of rotatable bonds is 8. The lowest BCUT2D eigenvalue weighted by Gasteiger charge is -2.16. The molecule has 0 radical (unpaired) electrons. The third kappa shape index (κ3) is 6.30.